The first-order chi connectivity index (χ1) is 10.3. The lowest BCUT2D eigenvalue weighted by Gasteiger charge is -2.16. The van der Waals surface area contributed by atoms with Gasteiger partial charge in [0.1, 0.15) is 0 Å². The molecule has 0 aliphatic carbocycles. The van der Waals surface area contributed by atoms with Crippen molar-refractivity contribution >= 4 is 0 Å². The molecule has 0 spiro atoms. The molecule has 0 heterocycles. The minimum Gasteiger partial charge on any atom is -0.382 e. The van der Waals surface area contributed by atoms with Gasteiger partial charge in [-0.1, -0.05) is 13.3 Å². The van der Waals surface area contributed by atoms with Crippen LogP contribution in [-0.4, -0.2) is 67.1 Å². The molecular formula is C16H34O5. The van der Waals surface area contributed by atoms with E-state index in [0.717, 1.165) is 26.1 Å². The van der Waals surface area contributed by atoms with Crippen molar-refractivity contribution in [2.75, 3.05) is 67.1 Å². The Labute approximate surface area is 130 Å². The first kappa shape index (κ1) is 20.8. The summed E-state index contributed by atoms with van der Waals surface area (Å²) in [6, 6.07) is 0. The Bertz CT molecular complexity index is 190. The molecule has 21 heavy (non-hydrogen) atoms. The fourth-order valence-electron chi connectivity index (χ4n) is 2.05. The largest absolute Gasteiger partial charge is 0.382 e. The summed E-state index contributed by atoms with van der Waals surface area (Å²) in [5, 5.41) is 0. The minimum atomic E-state index is 0.625. The molecule has 0 rings (SSSR count). The molecule has 0 saturated carbocycles. The fourth-order valence-corrected chi connectivity index (χ4v) is 2.05. The van der Waals surface area contributed by atoms with Gasteiger partial charge < -0.3 is 23.7 Å². The number of methoxy groups -OCH3 is 2. The number of hydrogen-bond acceptors (Lipinski definition) is 5. The monoisotopic (exact) mass is 306 g/mol. The van der Waals surface area contributed by atoms with Gasteiger partial charge in [0.25, 0.3) is 0 Å². The van der Waals surface area contributed by atoms with E-state index in [1.807, 2.05) is 0 Å². The summed E-state index contributed by atoms with van der Waals surface area (Å²) in [7, 11) is 3.37. The van der Waals surface area contributed by atoms with Gasteiger partial charge in [-0.15, -0.1) is 0 Å². The zero-order chi connectivity index (χ0) is 15.6. The van der Waals surface area contributed by atoms with Crippen LogP contribution in [-0.2, 0) is 23.7 Å². The van der Waals surface area contributed by atoms with Crippen molar-refractivity contribution in [3.8, 4) is 0 Å². The van der Waals surface area contributed by atoms with Crippen LogP contribution < -0.4 is 0 Å². The SMILES string of the molecule is CCCC(CCCOCCOC)COCCOCCOC. The lowest BCUT2D eigenvalue weighted by molar-refractivity contribution is 0.0121. The van der Waals surface area contributed by atoms with E-state index < -0.39 is 0 Å². The van der Waals surface area contributed by atoms with Gasteiger partial charge in [0.05, 0.1) is 39.6 Å². The Kier molecular flexibility index (Phi) is 17.7. The second-order valence-corrected chi connectivity index (χ2v) is 5.08. The Hall–Kier alpha value is -0.200. The zero-order valence-electron chi connectivity index (χ0n) is 14.1. The van der Waals surface area contributed by atoms with E-state index in [1.165, 1.54) is 12.8 Å². The summed E-state index contributed by atoms with van der Waals surface area (Å²) >= 11 is 0. The van der Waals surface area contributed by atoms with E-state index in [0.29, 0.717) is 45.6 Å². The maximum Gasteiger partial charge on any atom is 0.0701 e. The molecule has 5 heteroatoms. The molecule has 0 amide bonds. The van der Waals surface area contributed by atoms with Crippen LogP contribution in [0.1, 0.15) is 32.6 Å². The number of hydrogen-bond donors (Lipinski definition) is 0. The van der Waals surface area contributed by atoms with Crippen LogP contribution >= 0.6 is 0 Å². The first-order valence-corrected chi connectivity index (χ1v) is 8.06. The molecule has 5 nitrogen and oxygen atoms in total. The molecule has 0 aliphatic rings. The summed E-state index contributed by atoms with van der Waals surface area (Å²) in [6.07, 6.45) is 4.65. The Morgan fingerprint density at radius 1 is 0.667 bits per heavy atom. The Morgan fingerprint density at radius 2 is 1.24 bits per heavy atom. The molecule has 0 radical (unpaired) electrons. The highest BCUT2D eigenvalue weighted by atomic mass is 16.5. The average Bonchev–Trinajstić information content (AvgIpc) is 2.49. The third-order valence-corrected chi connectivity index (χ3v) is 3.19. The topological polar surface area (TPSA) is 46.2 Å². The normalized spacial score (nSPS) is 12.7. The van der Waals surface area contributed by atoms with E-state index in [2.05, 4.69) is 6.92 Å². The van der Waals surface area contributed by atoms with E-state index in [9.17, 15) is 0 Å². The van der Waals surface area contributed by atoms with Gasteiger partial charge in [0.2, 0.25) is 0 Å². The van der Waals surface area contributed by atoms with Crippen LogP contribution in [0.25, 0.3) is 0 Å². The van der Waals surface area contributed by atoms with Crippen LogP contribution in [0.2, 0.25) is 0 Å². The highest BCUT2D eigenvalue weighted by molar-refractivity contribution is 4.58. The van der Waals surface area contributed by atoms with E-state index in [4.69, 9.17) is 23.7 Å². The van der Waals surface area contributed by atoms with Crippen molar-refractivity contribution in [2.24, 2.45) is 5.92 Å². The Morgan fingerprint density at radius 3 is 1.86 bits per heavy atom. The summed E-state index contributed by atoms with van der Waals surface area (Å²) in [5.74, 6) is 0.625. The number of ether oxygens (including phenoxy) is 5. The smallest absolute Gasteiger partial charge is 0.0701 e. The maximum absolute atomic E-state index is 5.70. The second-order valence-electron chi connectivity index (χ2n) is 5.08. The Balaban J connectivity index is 3.44. The zero-order valence-corrected chi connectivity index (χ0v) is 14.1. The molecule has 1 atom stereocenters. The van der Waals surface area contributed by atoms with Gasteiger partial charge in [0, 0.05) is 27.4 Å². The summed E-state index contributed by atoms with van der Waals surface area (Å²) < 4.78 is 26.4. The van der Waals surface area contributed by atoms with Crippen LogP contribution in [0.4, 0.5) is 0 Å². The highest BCUT2D eigenvalue weighted by Gasteiger charge is 2.08. The van der Waals surface area contributed by atoms with Crippen molar-refractivity contribution in [3.63, 3.8) is 0 Å². The minimum absolute atomic E-state index is 0.625. The molecule has 0 aromatic heterocycles. The van der Waals surface area contributed by atoms with E-state index >= 15 is 0 Å². The third-order valence-electron chi connectivity index (χ3n) is 3.19. The molecular weight excluding hydrogens is 272 g/mol. The van der Waals surface area contributed by atoms with E-state index in [1.54, 1.807) is 14.2 Å². The molecule has 0 fully saturated rings. The fraction of sp³-hybridized carbons (Fsp3) is 1.00. The summed E-state index contributed by atoms with van der Waals surface area (Å²) in [5.41, 5.74) is 0. The molecule has 0 aliphatic heterocycles. The molecule has 0 aromatic rings. The highest BCUT2D eigenvalue weighted by Crippen LogP contribution is 2.14. The molecule has 128 valence electrons. The van der Waals surface area contributed by atoms with Gasteiger partial charge in [-0.2, -0.15) is 0 Å². The summed E-state index contributed by atoms with van der Waals surface area (Å²) in [4.78, 5) is 0. The van der Waals surface area contributed by atoms with Crippen molar-refractivity contribution < 1.29 is 23.7 Å². The molecule has 0 N–H and O–H groups in total. The van der Waals surface area contributed by atoms with Crippen molar-refractivity contribution in [1.29, 1.82) is 0 Å². The van der Waals surface area contributed by atoms with Gasteiger partial charge in [-0.25, -0.2) is 0 Å². The molecule has 0 saturated heterocycles. The van der Waals surface area contributed by atoms with Crippen molar-refractivity contribution in [1.82, 2.24) is 0 Å². The lowest BCUT2D eigenvalue weighted by Crippen LogP contribution is -2.15. The van der Waals surface area contributed by atoms with Gasteiger partial charge >= 0.3 is 0 Å². The second kappa shape index (κ2) is 17.9. The van der Waals surface area contributed by atoms with Crippen LogP contribution in [0.5, 0.6) is 0 Å². The van der Waals surface area contributed by atoms with Gasteiger partial charge in [-0.3, -0.25) is 0 Å². The van der Waals surface area contributed by atoms with Gasteiger partial charge in [0.15, 0.2) is 0 Å². The van der Waals surface area contributed by atoms with Gasteiger partial charge in [-0.05, 0) is 25.2 Å². The predicted octanol–water partition coefficient (Wildman–Crippen LogP) is 2.53. The molecule has 1 unspecified atom stereocenters. The first-order valence-electron chi connectivity index (χ1n) is 8.06. The van der Waals surface area contributed by atoms with Crippen molar-refractivity contribution in [2.45, 2.75) is 32.6 Å². The van der Waals surface area contributed by atoms with Crippen molar-refractivity contribution in [3.05, 3.63) is 0 Å². The van der Waals surface area contributed by atoms with Crippen LogP contribution in [0.3, 0.4) is 0 Å². The maximum atomic E-state index is 5.70. The third kappa shape index (κ3) is 16.0. The predicted molar refractivity (Wildman–Crippen MR) is 83.8 cm³/mol. The quantitative estimate of drug-likeness (QED) is 0.386. The van der Waals surface area contributed by atoms with E-state index in [-0.39, 0.29) is 0 Å². The average molecular weight is 306 g/mol. The van der Waals surface area contributed by atoms with Crippen LogP contribution in [0.15, 0.2) is 0 Å². The lowest BCUT2D eigenvalue weighted by atomic mass is 9.99. The molecule has 0 aromatic carbocycles. The molecule has 0 bridgehead atoms. The number of rotatable bonds is 17. The standard InChI is InChI=1S/C16H34O5/c1-4-6-16(7-5-8-19-11-9-17-2)15-21-14-13-20-12-10-18-3/h16H,4-15H2,1-3H3. The van der Waals surface area contributed by atoms with Crippen LogP contribution in [0, 0.1) is 5.92 Å². The summed E-state index contributed by atoms with van der Waals surface area (Å²) in [6.45, 7) is 7.78.